The number of benzene rings is 2. The number of urea groups is 1. The van der Waals surface area contributed by atoms with Crippen LogP contribution in [0.15, 0.2) is 53.6 Å². The number of carbonyl (C=O) groups excluding carboxylic acids is 4. The van der Waals surface area contributed by atoms with E-state index in [0.29, 0.717) is 37.5 Å². The van der Waals surface area contributed by atoms with Gasteiger partial charge in [-0.3, -0.25) is 14.5 Å². The maximum Gasteiger partial charge on any atom is 0.410 e. The largest absolute Gasteiger partial charge is 0.448 e. The number of fused-ring (bicyclic) bond motifs is 3. The van der Waals surface area contributed by atoms with Gasteiger partial charge in [0.05, 0.1) is 6.04 Å². The molecule has 5 rings (SSSR count). The minimum atomic E-state index is -0.771. The summed E-state index contributed by atoms with van der Waals surface area (Å²) in [7, 11) is 0. The fourth-order valence-electron chi connectivity index (χ4n) is 6.96. The lowest BCUT2D eigenvalue weighted by Gasteiger charge is -2.27. The van der Waals surface area contributed by atoms with Crippen molar-refractivity contribution >= 4 is 30.0 Å². The van der Waals surface area contributed by atoms with Crippen LogP contribution in [0.1, 0.15) is 75.8 Å². The Bertz CT molecular complexity index is 1390. The van der Waals surface area contributed by atoms with Crippen LogP contribution in [-0.4, -0.2) is 72.8 Å². The molecule has 1 aliphatic heterocycles. The molecule has 2 fully saturated rings. The van der Waals surface area contributed by atoms with Crippen LogP contribution in [-0.2, 0) is 14.3 Å². The van der Waals surface area contributed by atoms with Gasteiger partial charge in [-0.05, 0) is 66.7 Å². The van der Waals surface area contributed by atoms with E-state index in [1.807, 2.05) is 38.1 Å². The standard InChI is InChI=1S/C35H46N6O5/c1-3-25(19-38-40-34(44)37-18-22-13-15-23(16-14-22)32(42)4-2)39-33(43)31-17-24(36)20-41(31)35(45)46-21-30-28-11-7-5-9-26(28)27-10-6-8-12-29(27)30/h5-12,19,22-25,30-31H,3-4,13-18,20-21,36H2,1-2H3,(H,39,43)(H2,37,40,44)/b38-19+/t22?,23?,24-,25+,31+/m1/s1. The van der Waals surface area contributed by atoms with Gasteiger partial charge in [-0.25, -0.2) is 15.0 Å². The van der Waals surface area contributed by atoms with E-state index in [9.17, 15) is 19.2 Å². The molecule has 0 unspecified atom stereocenters. The molecule has 0 bridgehead atoms. The Hall–Kier alpha value is -4.25. The van der Waals surface area contributed by atoms with Crippen LogP contribution >= 0.6 is 0 Å². The third-order valence-corrected chi connectivity index (χ3v) is 9.60. The predicted octanol–water partition coefficient (Wildman–Crippen LogP) is 4.30. The quantitative estimate of drug-likeness (QED) is 0.214. The summed E-state index contributed by atoms with van der Waals surface area (Å²) in [6, 6.07) is 14.3. The van der Waals surface area contributed by atoms with Crippen molar-refractivity contribution in [2.45, 2.75) is 82.8 Å². The summed E-state index contributed by atoms with van der Waals surface area (Å²) in [5, 5.41) is 9.80. The Morgan fingerprint density at radius 1 is 1.00 bits per heavy atom. The number of likely N-dealkylation sites (tertiary alicyclic amines) is 1. The first kappa shape index (κ1) is 33.1. The highest BCUT2D eigenvalue weighted by atomic mass is 16.6. The van der Waals surface area contributed by atoms with E-state index < -0.39 is 24.2 Å². The van der Waals surface area contributed by atoms with Gasteiger partial charge in [0.1, 0.15) is 18.4 Å². The Morgan fingerprint density at radius 3 is 2.28 bits per heavy atom. The van der Waals surface area contributed by atoms with Crippen molar-refractivity contribution in [3.05, 3.63) is 59.7 Å². The maximum atomic E-state index is 13.3. The average molecular weight is 631 g/mol. The zero-order valence-electron chi connectivity index (χ0n) is 26.7. The number of rotatable bonds is 11. The van der Waals surface area contributed by atoms with Crippen LogP contribution in [0.2, 0.25) is 0 Å². The minimum absolute atomic E-state index is 0.0863. The number of Topliss-reactive ketones (excluding diaryl/α,β-unsaturated/α-hetero) is 1. The minimum Gasteiger partial charge on any atom is -0.448 e. The van der Waals surface area contributed by atoms with Crippen molar-refractivity contribution in [1.29, 1.82) is 0 Å². The van der Waals surface area contributed by atoms with Gasteiger partial charge in [-0.2, -0.15) is 5.10 Å². The van der Waals surface area contributed by atoms with E-state index in [-0.39, 0.29) is 36.9 Å². The van der Waals surface area contributed by atoms with Gasteiger partial charge in [0.2, 0.25) is 5.91 Å². The number of hydrogen-bond donors (Lipinski definition) is 4. The first-order chi connectivity index (χ1) is 22.3. The summed E-state index contributed by atoms with van der Waals surface area (Å²) in [5.41, 5.74) is 13.2. The molecule has 3 atom stereocenters. The second kappa shape index (κ2) is 15.4. The molecule has 5 N–H and O–H groups in total. The highest BCUT2D eigenvalue weighted by Crippen LogP contribution is 2.44. The van der Waals surface area contributed by atoms with Crippen LogP contribution in [0.4, 0.5) is 9.59 Å². The highest BCUT2D eigenvalue weighted by molar-refractivity contribution is 5.89. The molecular weight excluding hydrogens is 584 g/mol. The summed E-state index contributed by atoms with van der Waals surface area (Å²) in [5.74, 6) is 0.400. The molecule has 2 aromatic carbocycles. The van der Waals surface area contributed by atoms with E-state index in [2.05, 4.69) is 45.4 Å². The van der Waals surface area contributed by atoms with Gasteiger partial charge < -0.3 is 21.1 Å². The molecular formula is C35H46N6O5. The number of ether oxygens (including phenoxy) is 1. The maximum absolute atomic E-state index is 13.3. The van der Waals surface area contributed by atoms with Crippen molar-refractivity contribution in [3.8, 4) is 11.1 Å². The van der Waals surface area contributed by atoms with Crippen LogP contribution in [0.3, 0.4) is 0 Å². The monoisotopic (exact) mass is 630 g/mol. The number of hydrogen-bond acceptors (Lipinski definition) is 7. The first-order valence-corrected chi connectivity index (χ1v) is 16.6. The second-order valence-corrected chi connectivity index (χ2v) is 12.6. The molecule has 1 saturated heterocycles. The van der Waals surface area contributed by atoms with Crippen molar-refractivity contribution < 1.29 is 23.9 Å². The molecule has 11 heteroatoms. The summed E-state index contributed by atoms with van der Waals surface area (Å²) in [4.78, 5) is 52.3. The third kappa shape index (κ3) is 7.75. The third-order valence-electron chi connectivity index (χ3n) is 9.60. The Morgan fingerprint density at radius 2 is 1.65 bits per heavy atom. The first-order valence-electron chi connectivity index (χ1n) is 16.6. The van der Waals surface area contributed by atoms with Crippen molar-refractivity contribution in [2.75, 3.05) is 19.7 Å². The molecule has 1 heterocycles. The van der Waals surface area contributed by atoms with E-state index in [4.69, 9.17) is 10.5 Å². The van der Waals surface area contributed by atoms with E-state index in [0.717, 1.165) is 47.9 Å². The number of amides is 4. The van der Waals surface area contributed by atoms with Crippen LogP contribution in [0.25, 0.3) is 11.1 Å². The molecule has 246 valence electrons. The molecule has 4 amide bonds. The van der Waals surface area contributed by atoms with E-state index in [1.165, 1.54) is 11.1 Å². The van der Waals surface area contributed by atoms with Gasteiger partial charge in [0, 0.05) is 43.6 Å². The van der Waals surface area contributed by atoms with Crippen molar-refractivity contribution in [1.82, 2.24) is 21.0 Å². The topological polar surface area (TPSA) is 155 Å². The van der Waals surface area contributed by atoms with Crippen LogP contribution in [0, 0.1) is 11.8 Å². The van der Waals surface area contributed by atoms with Gasteiger partial charge in [0.15, 0.2) is 0 Å². The Kier molecular flexibility index (Phi) is 11.1. The van der Waals surface area contributed by atoms with Crippen molar-refractivity contribution in [2.24, 2.45) is 22.7 Å². The second-order valence-electron chi connectivity index (χ2n) is 12.6. The molecule has 46 heavy (non-hydrogen) atoms. The fourth-order valence-corrected chi connectivity index (χ4v) is 6.96. The van der Waals surface area contributed by atoms with Crippen molar-refractivity contribution in [3.63, 3.8) is 0 Å². The van der Waals surface area contributed by atoms with Crippen LogP contribution < -0.4 is 21.8 Å². The predicted molar refractivity (Wildman–Crippen MR) is 176 cm³/mol. The lowest BCUT2D eigenvalue weighted by atomic mass is 9.79. The van der Waals surface area contributed by atoms with Gasteiger partial charge >= 0.3 is 12.1 Å². The lowest BCUT2D eigenvalue weighted by Crippen LogP contribution is -2.49. The fraction of sp³-hybridized carbons (Fsp3) is 0.514. The smallest absolute Gasteiger partial charge is 0.410 e. The van der Waals surface area contributed by atoms with Crippen LogP contribution in [0.5, 0.6) is 0 Å². The molecule has 2 aliphatic carbocycles. The summed E-state index contributed by atoms with van der Waals surface area (Å²) < 4.78 is 5.82. The summed E-state index contributed by atoms with van der Waals surface area (Å²) in [6.45, 7) is 4.69. The molecule has 11 nitrogen and oxygen atoms in total. The normalized spacial score (nSPS) is 23.0. The number of nitrogens with one attached hydrogen (secondary N) is 3. The number of nitrogens with two attached hydrogens (primary N) is 1. The average Bonchev–Trinajstić information content (AvgIpc) is 3.63. The molecule has 0 aromatic heterocycles. The lowest BCUT2D eigenvalue weighted by molar-refractivity contribution is -0.125. The number of nitrogens with zero attached hydrogens (tertiary/aromatic N) is 2. The molecule has 3 aliphatic rings. The Balaban J connectivity index is 1.09. The zero-order chi connectivity index (χ0) is 32.6. The highest BCUT2D eigenvalue weighted by Gasteiger charge is 2.40. The van der Waals surface area contributed by atoms with Gasteiger partial charge in [-0.15, -0.1) is 0 Å². The zero-order valence-corrected chi connectivity index (χ0v) is 26.7. The SMILES string of the molecule is CCC(=O)C1CCC(CNC(=O)N/N=C/[C@H](CC)NC(=O)[C@@H]2C[C@@H](N)CN2C(=O)OCC2c3ccccc3-c3ccccc32)CC1. The van der Waals surface area contributed by atoms with E-state index in [1.54, 1.807) is 0 Å². The number of hydrazone groups is 1. The summed E-state index contributed by atoms with van der Waals surface area (Å²) >= 11 is 0. The summed E-state index contributed by atoms with van der Waals surface area (Å²) in [6.07, 6.45) is 5.93. The Labute approximate surface area is 270 Å². The van der Waals surface area contributed by atoms with Gasteiger partial charge in [-0.1, -0.05) is 62.4 Å². The van der Waals surface area contributed by atoms with E-state index >= 15 is 0 Å². The molecule has 0 spiro atoms. The number of ketones is 1. The van der Waals surface area contributed by atoms with Gasteiger partial charge in [0.25, 0.3) is 0 Å². The number of carbonyl (C=O) groups is 4. The molecule has 1 saturated carbocycles. The molecule has 2 aromatic rings. The molecule has 0 radical (unpaired) electrons.